The Bertz CT molecular complexity index is 424. The lowest BCUT2D eigenvalue weighted by Crippen LogP contribution is -2.17. The van der Waals surface area contributed by atoms with Crippen molar-refractivity contribution in [3.63, 3.8) is 0 Å². The SMILES string of the molecule is COCCS(=O)CCC(=O)Nc1ccccc1N. The zero-order valence-corrected chi connectivity index (χ0v) is 11.2. The summed E-state index contributed by atoms with van der Waals surface area (Å²) in [6.45, 7) is 0.444. The van der Waals surface area contributed by atoms with Crippen molar-refractivity contribution in [2.45, 2.75) is 6.42 Å². The van der Waals surface area contributed by atoms with Gasteiger partial charge in [0.1, 0.15) is 0 Å². The minimum atomic E-state index is -1.02. The molecule has 1 amide bonds. The number of carbonyl (C=O) groups is 1. The van der Waals surface area contributed by atoms with Crippen LogP contribution in [-0.4, -0.2) is 35.3 Å². The fourth-order valence-corrected chi connectivity index (χ4v) is 2.28. The molecule has 0 saturated heterocycles. The molecular weight excluding hydrogens is 252 g/mol. The second-order valence-electron chi connectivity index (χ2n) is 3.73. The monoisotopic (exact) mass is 270 g/mol. The van der Waals surface area contributed by atoms with Gasteiger partial charge in [-0.25, -0.2) is 0 Å². The maximum Gasteiger partial charge on any atom is 0.225 e. The Morgan fingerprint density at radius 2 is 2.11 bits per heavy atom. The highest BCUT2D eigenvalue weighted by molar-refractivity contribution is 7.85. The number of para-hydroxylation sites is 2. The zero-order chi connectivity index (χ0) is 13.4. The average Bonchev–Trinajstić information content (AvgIpc) is 2.36. The number of hydrogen-bond donors (Lipinski definition) is 2. The highest BCUT2D eigenvalue weighted by Gasteiger charge is 2.07. The molecule has 0 heterocycles. The molecule has 0 aliphatic heterocycles. The smallest absolute Gasteiger partial charge is 0.225 e. The molecular formula is C12H18N2O3S. The summed E-state index contributed by atoms with van der Waals surface area (Å²) in [6.07, 6.45) is 0.213. The summed E-state index contributed by atoms with van der Waals surface area (Å²) in [7, 11) is 0.537. The van der Waals surface area contributed by atoms with E-state index in [1.165, 1.54) is 0 Å². The van der Waals surface area contributed by atoms with Gasteiger partial charge in [0, 0.05) is 35.8 Å². The van der Waals surface area contributed by atoms with Crippen LogP contribution in [0.25, 0.3) is 0 Å². The van der Waals surface area contributed by atoms with Crippen LogP contribution in [0.1, 0.15) is 6.42 Å². The van der Waals surface area contributed by atoms with Crippen molar-refractivity contribution in [3.8, 4) is 0 Å². The quantitative estimate of drug-likeness (QED) is 0.724. The number of nitrogens with one attached hydrogen (secondary N) is 1. The van der Waals surface area contributed by atoms with Gasteiger partial charge in [-0.05, 0) is 12.1 Å². The predicted octanol–water partition coefficient (Wildman–Crippen LogP) is 0.992. The Hall–Kier alpha value is -1.40. The van der Waals surface area contributed by atoms with E-state index in [-0.39, 0.29) is 12.3 Å². The minimum Gasteiger partial charge on any atom is -0.397 e. The van der Waals surface area contributed by atoms with E-state index < -0.39 is 10.8 Å². The van der Waals surface area contributed by atoms with Gasteiger partial charge in [0.2, 0.25) is 5.91 Å². The minimum absolute atomic E-state index is 0.182. The first-order valence-electron chi connectivity index (χ1n) is 5.61. The molecule has 1 aromatic rings. The molecule has 0 aliphatic carbocycles. The topological polar surface area (TPSA) is 81.4 Å². The van der Waals surface area contributed by atoms with Crippen molar-refractivity contribution in [2.24, 2.45) is 0 Å². The molecule has 0 saturated carbocycles. The molecule has 0 radical (unpaired) electrons. The third-order valence-electron chi connectivity index (χ3n) is 2.31. The fraction of sp³-hybridized carbons (Fsp3) is 0.417. The first kappa shape index (κ1) is 14.7. The largest absolute Gasteiger partial charge is 0.397 e. The maximum absolute atomic E-state index is 11.6. The van der Waals surface area contributed by atoms with Gasteiger partial charge in [-0.15, -0.1) is 0 Å². The Labute approximate surface area is 109 Å². The van der Waals surface area contributed by atoms with E-state index >= 15 is 0 Å². The van der Waals surface area contributed by atoms with Crippen LogP contribution in [0, 0.1) is 0 Å². The number of ether oxygens (including phenoxy) is 1. The molecule has 0 aromatic heterocycles. The van der Waals surface area contributed by atoms with Crippen LogP contribution in [0.15, 0.2) is 24.3 Å². The Balaban J connectivity index is 2.34. The third kappa shape index (κ3) is 5.29. The standard InChI is InChI=1S/C12H18N2O3S/c1-17-7-9-18(16)8-6-12(15)14-11-5-3-2-4-10(11)13/h2-5H,6-9,13H2,1H3,(H,14,15). The zero-order valence-electron chi connectivity index (χ0n) is 10.3. The summed E-state index contributed by atoms with van der Waals surface area (Å²) in [4.78, 5) is 11.6. The molecule has 1 unspecified atom stereocenters. The first-order valence-corrected chi connectivity index (χ1v) is 7.10. The van der Waals surface area contributed by atoms with Crippen molar-refractivity contribution in [1.29, 1.82) is 0 Å². The van der Waals surface area contributed by atoms with Gasteiger partial charge >= 0.3 is 0 Å². The number of amides is 1. The van der Waals surface area contributed by atoms with E-state index in [9.17, 15) is 9.00 Å². The Morgan fingerprint density at radius 3 is 2.78 bits per heavy atom. The summed E-state index contributed by atoms with van der Waals surface area (Å²) in [6, 6.07) is 7.04. The van der Waals surface area contributed by atoms with Crippen LogP contribution >= 0.6 is 0 Å². The van der Waals surface area contributed by atoms with Crippen molar-refractivity contribution in [1.82, 2.24) is 0 Å². The van der Waals surface area contributed by atoms with Gasteiger partial charge in [0.05, 0.1) is 18.0 Å². The summed E-state index contributed by atoms with van der Waals surface area (Å²) < 4.78 is 16.3. The highest BCUT2D eigenvalue weighted by atomic mass is 32.2. The van der Waals surface area contributed by atoms with Crippen molar-refractivity contribution >= 4 is 28.1 Å². The maximum atomic E-state index is 11.6. The number of benzene rings is 1. The number of carbonyl (C=O) groups excluding carboxylic acids is 1. The average molecular weight is 270 g/mol. The number of nitrogen functional groups attached to an aromatic ring is 1. The van der Waals surface area contributed by atoms with E-state index in [4.69, 9.17) is 10.5 Å². The van der Waals surface area contributed by atoms with Gasteiger partial charge in [0.25, 0.3) is 0 Å². The molecule has 5 nitrogen and oxygen atoms in total. The molecule has 0 aliphatic rings. The second-order valence-corrected chi connectivity index (χ2v) is 5.42. The molecule has 6 heteroatoms. The van der Waals surface area contributed by atoms with Crippen molar-refractivity contribution in [2.75, 3.05) is 36.3 Å². The van der Waals surface area contributed by atoms with Crippen LogP contribution in [0.5, 0.6) is 0 Å². The Kier molecular flexibility index (Phi) is 6.38. The van der Waals surface area contributed by atoms with Crippen LogP contribution < -0.4 is 11.1 Å². The molecule has 1 aromatic carbocycles. The van der Waals surface area contributed by atoms with Gasteiger partial charge in [-0.1, -0.05) is 12.1 Å². The fourth-order valence-electron chi connectivity index (χ4n) is 1.31. The molecule has 0 fully saturated rings. The summed E-state index contributed by atoms with van der Waals surface area (Å²) in [5, 5.41) is 2.69. The number of rotatable bonds is 7. The number of anilines is 2. The van der Waals surface area contributed by atoms with E-state index in [0.29, 0.717) is 29.5 Å². The summed E-state index contributed by atoms with van der Waals surface area (Å²) >= 11 is 0. The lowest BCUT2D eigenvalue weighted by atomic mass is 10.2. The molecule has 3 N–H and O–H groups in total. The molecule has 18 heavy (non-hydrogen) atoms. The first-order chi connectivity index (χ1) is 8.63. The van der Waals surface area contributed by atoms with E-state index in [2.05, 4.69) is 5.32 Å². The lowest BCUT2D eigenvalue weighted by Gasteiger charge is -2.07. The van der Waals surface area contributed by atoms with Gasteiger partial charge in [-0.2, -0.15) is 0 Å². The third-order valence-corrected chi connectivity index (χ3v) is 3.59. The van der Waals surface area contributed by atoms with E-state index in [1.54, 1.807) is 31.4 Å². The van der Waals surface area contributed by atoms with Crippen LogP contribution in [0.2, 0.25) is 0 Å². The summed E-state index contributed by atoms with van der Waals surface area (Å²) in [5.74, 6) is 0.609. The van der Waals surface area contributed by atoms with Crippen molar-refractivity contribution < 1.29 is 13.7 Å². The molecule has 0 bridgehead atoms. The van der Waals surface area contributed by atoms with E-state index in [1.807, 2.05) is 0 Å². The van der Waals surface area contributed by atoms with Crippen LogP contribution in [0.3, 0.4) is 0 Å². The number of methoxy groups -OCH3 is 1. The van der Waals surface area contributed by atoms with Crippen LogP contribution in [-0.2, 0) is 20.3 Å². The number of nitrogens with two attached hydrogens (primary N) is 1. The second kappa shape index (κ2) is 7.84. The normalized spacial score (nSPS) is 12.1. The molecule has 1 atom stereocenters. The molecule has 1 rings (SSSR count). The van der Waals surface area contributed by atoms with Crippen molar-refractivity contribution in [3.05, 3.63) is 24.3 Å². The summed E-state index contributed by atoms with van der Waals surface area (Å²) in [5.41, 5.74) is 6.81. The van der Waals surface area contributed by atoms with Crippen LogP contribution in [0.4, 0.5) is 11.4 Å². The van der Waals surface area contributed by atoms with Gasteiger partial charge in [0.15, 0.2) is 0 Å². The Morgan fingerprint density at radius 1 is 1.39 bits per heavy atom. The van der Waals surface area contributed by atoms with E-state index in [0.717, 1.165) is 0 Å². The lowest BCUT2D eigenvalue weighted by molar-refractivity contribution is -0.115. The van der Waals surface area contributed by atoms with Gasteiger partial charge in [-0.3, -0.25) is 9.00 Å². The van der Waals surface area contributed by atoms with Gasteiger partial charge < -0.3 is 15.8 Å². The molecule has 0 spiro atoms. The highest BCUT2D eigenvalue weighted by Crippen LogP contribution is 2.16. The predicted molar refractivity (Wildman–Crippen MR) is 73.9 cm³/mol. The molecule has 100 valence electrons. The number of hydrogen-bond acceptors (Lipinski definition) is 4.